The number of hydrogen-bond donors (Lipinski definition) is 0. The van der Waals surface area contributed by atoms with E-state index >= 15 is 0 Å². The molecule has 1 aromatic carbocycles. The van der Waals surface area contributed by atoms with Crippen LogP contribution in [0.15, 0.2) is 53.3 Å². The minimum Gasteiger partial charge on any atom is -0.360 e. The fourth-order valence-electron chi connectivity index (χ4n) is 3.37. The van der Waals surface area contributed by atoms with Crippen molar-refractivity contribution in [1.29, 1.82) is 0 Å². The zero-order chi connectivity index (χ0) is 19.5. The molecule has 0 atom stereocenters. The van der Waals surface area contributed by atoms with Crippen LogP contribution in [0, 0.1) is 5.82 Å². The molecule has 0 radical (unpaired) electrons. The van der Waals surface area contributed by atoms with Gasteiger partial charge in [0.2, 0.25) is 5.91 Å². The van der Waals surface area contributed by atoms with Crippen LogP contribution < -0.4 is 0 Å². The molecule has 0 aliphatic carbocycles. The molecule has 7 heteroatoms. The highest BCUT2D eigenvalue weighted by Crippen LogP contribution is 2.35. The van der Waals surface area contributed by atoms with Crippen molar-refractivity contribution >= 4 is 5.91 Å². The molecule has 28 heavy (non-hydrogen) atoms. The first-order valence-corrected chi connectivity index (χ1v) is 9.23. The number of benzene rings is 1. The largest absolute Gasteiger partial charge is 0.360 e. The molecule has 4 rings (SSSR count). The number of carbonyl (C=O) groups is 1. The van der Waals surface area contributed by atoms with Crippen LogP contribution in [0.2, 0.25) is 0 Å². The number of nitrogens with zero attached hydrogens (tertiary/aromatic N) is 4. The molecule has 6 nitrogen and oxygen atoms in total. The molecule has 0 bridgehead atoms. The molecule has 0 spiro atoms. The lowest BCUT2D eigenvalue weighted by Gasteiger charge is -2.32. The maximum atomic E-state index is 13.3. The van der Waals surface area contributed by atoms with Crippen molar-refractivity contribution in [2.45, 2.75) is 6.42 Å². The van der Waals surface area contributed by atoms with Gasteiger partial charge < -0.3 is 14.3 Å². The van der Waals surface area contributed by atoms with Crippen LogP contribution in [-0.4, -0.2) is 59.1 Å². The number of carbonyl (C=O) groups excluding carboxylic acids is 1. The smallest absolute Gasteiger partial charge is 0.230 e. The maximum Gasteiger partial charge on any atom is 0.230 e. The van der Waals surface area contributed by atoms with E-state index in [1.165, 1.54) is 12.1 Å². The third-order valence-corrected chi connectivity index (χ3v) is 5.02. The van der Waals surface area contributed by atoms with Crippen LogP contribution >= 0.6 is 0 Å². The van der Waals surface area contributed by atoms with E-state index in [2.05, 4.69) is 22.1 Å². The van der Waals surface area contributed by atoms with Gasteiger partial charge in [0, 0.05) is 44.1 Å². The number of amides is 1. The van der Waals surface area contributed by atoms with Gasteiger partial charge in [0.05, 0.1) is 12.0 Å². The Morgan fingerprint density at radius 2 is 1.71 bits per heavy atom. The second kappa shape index (κ2) is 7.90. The third kappa shape index (κ3) is 3.80. The standard InChI is InChI=1S/C21H21FN4O2/c1-25-10-12-26(13-11-25)19(27)14-18-20(15-6-8-23-9-7-15)21(24-28-18)16-2-4-17(22)5-3-16/h2-9H,10-14H2,1H3. The maximum absolute atomic E-state index is 13.3. The molecule has 3 aromatic rings. The molecule has 2 aromatic heterocycles. The molecule has 3 heterocycles. The summed E-state index contributed by atoms with van der Waals surface area (Å²) in [6.07, 6.45) is 3.50. The Morgan fingerprint density at radius 1 is 1.04 bits per heavy atom. The van der Waals surface area contributed by atoms with Crippen LogP contribution in [0.4, 0.5) is 4.39 Å². The van der Waals surface area contributed by atoms with E-state index in [4.69, 9.17) is 4.52 Å². The number of pyridine rings is 1. The monoisotopic (exact) mass is 380 g/mol. The van der Waals surface area contributed by atoms with Crippen LogP contribution in [0.25, 0.3) is 22.4 Å². The zero-order valence-electron chi connectivity index (χ0n) is 15.6. The predicted molar refractivity (Wildman–Crippen MR) is 103 cm³/mol. The molecular weight excluding hydrogens is 359 g/mol. The van der Waals surface area contributed by atoms with Gasteiger partial charge in [-0.25, -0.2) is 4.39 Å². The van der Waals surface area contributed by atoms with Gasteiger partial charge in [-0.1, -0.05) is 5.16 Å². The Balaban J connectivity index is 1.67. The summed E-state index contributed by atoms with van der Waals surface area (Å²) in [6, 6.07) is 9.78. The summed E-state index contributed by atoms with van der Waals surface area (Å²) in [5.41, 5.74) is 2.93. The van der Waals surface area contributed by atoms with Crippen molar-refractivity contribution in [2.24, 2.45) is 0 Å². The van der Waals surface area contributed by atoms with Gasteiger partial charge in [-0.15, -0.1) is 0 Å². The summed E-state index contributed by atoms with van der Waals surface area (Å²) in [7, 11) is 2.05. The van der Waals surface area contributed by atoms with Crippen LogP contribution in [0.1, 0.15) is 5.76 Å². The molecule has 0 unspecified atom stereocenters. The summed E-state index contributed by atoms with van der Waals surface area (Å²) in [4.78, 5) is 20.9. The average Bonchev–Trinajstić information content (AvgIpc) is 3.13. The minimum absolute atomic E-state index is 0.0187. The number of hydrogen-bond acceptors (Lipinski definition) is 5. The van der Waals surface area contributed by atoms with E-state index in [1.807, 2.05) is 17.0 Å². The van der Waals surface area contributed by atoms with E-state index in [-0.39, 0.29) is 18.1 Å². The summed E-state index contributed by atoms with van der Waals surface area (Å²) in [5.74, 6) is 0.211. The fraction of sp³-hybridized carbons (Fsp3) is 0.286. The Kier molecular flexibility index (Phi) is 5.16. The lowest BCUT2D eigenvalue weighted by Crippen LogP contribution is -2.47. The van der Waals surface area contributed by atoms with Crippen molar-refractivity contribution in [2.75, 3.05) is 33.2 Å². The third-order valence-electron chi connectivity index (χ3n) is 5.02. The highest BCUT2D eigenvalue weighted by Gasteiger charge is 2.25. The first-order valence-electron chi connectivity index (χ1n) is 9.23. The Hall–Kier alpha value is -3.06. The fourth-order valence-corrected chi connectivity index (χ4v) is 3.37. The predicted octanol–water partition coefficient (Wildman–Crippen LogP) is 2.86. The topological polar surface area (TPSA) is 62.5 Å². The van der Waals surface area contributed by atoms with E-state index in [9.17, 15) is 9.18 Å². The SMILES string of the molecule is CN1CCN(C(=O)Cc2onc(-c3ccc(F)cc3)c2-c2ccncc2)CC1. The Labute approximate surface area is 162 Å². The van der Waals surface area contributed by atoms with Crippen molar-refractivity contribution in [1.82, 2.24) is 19.9 Å². The van der Waals surface area contributed by atoms with Crippen molar-refractivity contribution < 1.29 is 13.7 Å². The highest BCUT2D eigenvalue weighted by molar-refractivity contribution is 5.86. The number of likely N-dealkylation sites (N-methyl/N-ethyl adjacent to an activating group) is 1. The van der Waals surface area contributed by atoms with E-state index in [0.29, 0.717) is 24.5 Å². The first kappa shape index (κ1) is 18.3. The van der Waals surface area contributed by atoms with E-state index in [1.54, 1.807) is 24.5 Å². The van der Waals surface area contributed by atoms with E-state index < -0.39 is 0 Å². The van der Waals surface area contributed by atoms with Gasteiger partial charge in [0.15, 0.2) is 5.76 Å². The lowest BCUT2D eigenvalue weighted by atomic mass is 9.98. The summed E-state index contributed by atoms with van der Waals surface area (Å²) in [6.45, 7) is 3.14. The summed E-state index contributed by atoms with van der Waals surface area (Å²) in [5, 5.41) is 4.21. The Bertz CT molecular complexity index is 948. The second-order valence-electron chi connectivity index (χ2n) is 6.93. The molecule has 144 valence electrons. The quantitative estimate of drug-likeness (QED) is 0.697. The lowest BCUT2D eigenvalue weighted by molar-refractivity contribution is -0.132. The minimum atomic E-state index is -0.317. The van der Waals surface area contributed by atoms with Gasteiger partial charge in [0.25, 0.3) is 0 Å². The van der Waals surface area contributed by atoms with Gasteiger partial charge in [-0.3, -0.25) is 9.78 Å². The Morgan fingerprint density at radius 3 is 2.39 bits per heavy atom. The summed E-state index contributed by atoms with van der Waals surface area (Å²) < 4.78 is 18.9. The molecular formula is C21H21FN4O2. The van der Waals surface area contributed by atoms with Crippen LogP contribution in [0.3, 0.4) is 0 Å². The average molecular weight is 380 g/mol. The van der Waals surface area contributed by atoms with Gasteiger partial charge in [-0.05, 0) is 49.0 Å². The second-order valence-corrected chi connectivity index (χ2v) is 6.93. The van der Waals surface area contributed by atoms with E-state index in [0.717, 1.165) is 29.8 Å². The zero-order valence-corrected chi connectivity index (χ0v) is 15.6. The van der Waals surface area contributed by atoms with Crippen molar-refractivity contribution in [3.8, 4) is 22.4 Å². The summed E-state index contributed by atoms with van der Waals surface area (Å²) >= 11 is 0. The molecule has 1 aliphatic heterocycles. The first-order chi connectivity index (χ1) is 13.6. The van der Waals surface area contributed by atoms with Crippen molar-refractivity contribution in [3.63, 3.8) is 0 Å². The number of aromatic nitrogens is 2. The molecule has 1 amide bonds. The van der Waals surface area contributed by atoms with Crippen molar-refractivity contribution in [3.05, 3.63) is 60.4 Å². The van der Waals surface area contributed by atoms with Gasteiger partial charge in [0.1, 0.15) is 11.5 Å². The van der Waals surface area contributed by atoms with Crippen LogP contribution in [0.5, 0.6) is 0 Å². The number of halogens is 1. The number of rotatable bonds is 4. The molecule has 0 N–H and O–H groups in total. The highest BCUT2D eigenvalue weighted by atomic mass is 19.1. The normalized spacial score (nSPS) is 15.0. The number of piperazine rings is 1. The molecule has 1 saturated heterocycles. The molecule has 1 fully saturated rings. The van der Waals surface area contributed by atoms with Crippen LogP contribution in [-0.2, 0) is 11.2 Å². The van der Waals surface area contributed by atoms with Gasteiger partial charge in [-0.2, -0.15) is 0 Å². The van der Waals surface area contributed by atoms with Gasteiger partial charge >= 0.3 is 0 Å². The molecule has 1 aliphatic rings. The molecule has 0 saturated carbocycles.